The summed E-state index contributed by atoms with van der Waals surface area (Å²) in [5.74, 6) is 0.500. The number of nitrogens with two attached hydrogens (primary N) is 1. The van der Waals surface area contributed by atoms with E-state index in [9.17, 15) is 0 Å². The topological polar surface area (TPSA) is 42.1 Å². The van der Waals surface area contributed by atoms with Crippen LogP contribution < -0.4 is 10.6 Å². The van der Waals surface area contributed by atoms with Crippen molar-refractivity contribution in [2.24, 2.45) is 11.7 Å². The Labute approximate surface area is 85.9 Å². The average molecular weight is 193 g/mol. The molecule has 0 amide bonds. The molecule has 14 heavy (non-hydrogen) atoms. The van der Waals surface area contributed by atoms with Crippen molar-refractivity contribution in [3.05, 3.63) is 24.0 Å². The van der Waals surface area contributed by atoms with Crippen molar-refractivity contribution in [3.8, 4) is 0 Å². The molecule has 1 aromatic rings. The standard InChI is InChI=1S/C11H19N3/c1-9(8-12)6-10-7-11(14(2)3)4-5-13-10/h4-5,7,9H,6,8,12H2,1-3H3. The first-order valence-corrected chi connectivity index (χ1v) is 4.95. The molecule has 1 heterocycles. The number of anilines is 1. The van der Waals surface area contributed by atoms with Gasteiger partial charge in [-0.2, -0.15) is 0 Å². The van der Waals surface area contributed by atoms with Crippen LogP contribution in [0.5, 0.6) is 0 Å². The van der Waals surface area contributed by atoms with E-state index in [0.29, 0.717) is 12.5 Å². The number of hydrogen-bond acceptors (Lipinski definition) is 3. The van der Waals surface area contributed by atoms with Crippen LogP contribution in [0, 0.1) is 5.92 Å². The largest absolute Gasteiger partial charge is 0.378 e. The molecule has 3 nitrogen and oxygen atoms in total. The maximum atomic E-state index is 5.58. The number of nitrogens with zero attached hydrogens (tertiary/aromatic N) is 2. The van der Waals surface area contributed by atoms with E-state index < -0.39 is 0 Å². The van der Waals surface area contributed by atoms with E-state index in [-0.39, 0.29) is 0 Å². The minimum atomic E-state index is 0.500. The van der Waals surface area contributed by atoms with Crippen molar-refractivity contribution in [1.82, 2.24) is 4.98 Å². The Morgan fingerprint density at radius 2 is 2.21 bits per heavy atom. The molecule has 1 aromatic heterocycles. The molecule has 1 atom stereocenters. The minimum absolute atomic E-state index is 0.500. The molecule has 0 spiro atoms. The summed E-state index contributed by atoms with van der Waals surface area (Å²) in [4.78, 5) is 6.41. The van der Waals surface area contributed by atoms with Crippen LogP contribution in [0.2, 0.25) is 0 Å². The predicted octanol–water partition coefficient (Wildman–Crippen LogP) is 1.28. The molecule has 0 radical (unpaired) electrons. The lowest BCUT2D eigenvalue weighted by atomic mass is 10.1. The van der Waals surface area contributed by atoms with E-state index in [2.05, 4.69) is 22.9 Å². The normalized spacial score (nSPS) is 12.6. The SMILES string of the molecule is CC(CN)Cc1cc(N(C)C)ccn1. The lowest BCUT2D eigenvalue weighted by Gasteiger charge is -2.14. The number of rotatable bonds is 4. The van der Waals surface area contributed by atoms with E-state index in [0.717, 1.165) is 12.1 Å². The summed E-state index contributed by atoms with van der Waals surface area (Å²) in [7, 11) is 4.07. The molecule has 0 aliphatic carbocycles. The second-order valence-corrected chi connectivity index (χ2v) is 3.94. The van der Waals surface area contributed by atoms with Crippen LogP contribution in [0.15, 0.2) is 18.3 Å². The fourth-order valence-electron chi connectivity index (χ4n) is 1.30. The Hall–Kier alpha value is -1.09. The molecule has 0 fully saturated rings. The van der Waals surface area contributed by atoms with Gasteiger partial charge in [-0.25, -0.2) is 0 Å². The van der Waals surface area contributed by atoms with Crippen LogP contribution >= 0.6 is 0 Å². The first-order chi connectivity index (χ1) is 6.63. The molecular formula is C11H19N3. The van der Waals surface area contributed by atoms with Crippen LogP contribution in [-0.2, 0) is 6.42 Å². The molecule has 0 saturated heterocycles. The van der Waals surface area contributed by atoms with Gasteiger partial charge in [0.2, 0.25) is 0 Å². The summed E-state index contributed by atoms with van der Waals surface area (Å²) in [5, 5.41) is 0. The summed E-state index contributed by atoms with van der Waals surface area (Å²) in [5.41, 5.74) is 7.89. The van der Waals surface area contributed by atoms with Crippen molar-refractivity contribution in [1.29, 1.82) is 0 Å². The monoisotopic (exact) mass is 193 g/mol. The fraction of sp³-hybridized carbons (Fsp3) is 0.545. The van der Waals surface area contributed by atoms with Gasteiger partial charge in [0.05, 0.1) is 0 Å². The number of pyridine rings is 1. The third kappa shape index (κ3) is 3.00. The highest BCUT2D eigenvalue weighted by atomic mass is 15.1. The van der Waals surface area contributed by atoms with Gasteiger partial charge in [-0.3, -0.25) is 4.98 Å². The van der Waals surface area contributed by atoms with Gasteiger partial charge in [0.15, 0.2) is 0 Å². The quantitative estimate of drug-likeness (QED) is 0.783. The fourth-order valence-corrected chi connectivity index (χ4v) is 1.30. The number of aromatic nitrogens is 1. The molecule has 1 unspecified atom stereocenters. The maximum Gasteiger partial charge on any atom is 0.0427 e. The second-order valence-electron chi connectivity index (χ2n) is 3.94. The maximum absolute atomic E-state index is 5.58. The second kappa shape index (κ2) is 4.96. The predicted molar refractivity (Wildman–Crippen MR) is 60.5 cm³/mol. The lowest BCUT2D eigenvalue weighted by molar-refractivity contribution is 0.584. The van der Waals surface area contributed by atoms with Gasteiger partial charge < -0.3 is 10.6 Å². The average Bonchev–Trinajstić information content (AvgIpc) is 2.18. The molecule has 2 N–H and O–H groups in total. The zero-order valence-corrected chi connectivity index (χ0v) is 9.20. The third-order valence-corrected chi connectivity index (χ3v) is 2.28. The van der Waals surface area contributed by atoms with Crippen LogP contribution in [-0.4, -0.2) is 25.6 Å². The zero-order chi connectivity index (χ0) is 10.6. The number of hydrogen-bond donors (Lipinski definition) is 1. The molecule has 3 heteroatoms. The van der Waals surface area contributed by atoms with Gasteiger partial charge >= 0.3 is 0 Å². The summed E-state index contributed by atoms with van der Waals surface area (Å²) < 4.78 is 0. The van der Waals surface area contributed by atoms with Crippen LogP contribution in [0.4, 0.5) is 5.69 Å². The molecular weight excluding hydrogens is 174 g/mol. The molecule has 1 rings (SSSR count). The van der Waals surface area contributed by atoms with Crippen LogP contribution in [0.1, 0.15) is 12.6 Å². The summed E-state index contributed by atoms with van der Waals surface area (Å²) in [6.07, 6.45) is 2.81. The first kappa shape index (κ1) is 11.0. The van der Waals surface area contributed by atoms with E-state index in [4.69, 9.17) is 5.73 Å². The van der Waals surface area contributed by atoms with Gasteiger partial charge in [0, 0.05) is 31.7 Å². The summed E-state index contributed by atoms with van der Waals surface area (Å²) in [6, 6.07) is 4.13. The third-order valence-electron chi connectivity index (χ3n) is 2.28. The van der Waals surface area contributed by atoms with Gasteiger partial charge in [0.1, 0.15) is 0 Å². The highest BCUT2D eigenvalue weighted by molar-refractivity contribution is 5.44. The summed E-state index contributed by atoms with van der Waals surface area (Å²) in [6.45, 7) is 2.86. The van der Waals surface area contributed by atoms with E-state index in [1.807, 2.05) is 26.4 Å². The molecule has 0 aromatic carbocycles. The molecule has 0 aliphatic heterocycles. The Morgan fingerprint density at radius 3 is 2.79 bits per heavy atom. The van der Waals surface area contributed by atoms with E-state index >= 15 is 0 Å². The van der Waals surface area contributed by atoms with Crippen molar-refractivity contribution in [2.45, 2.75) is 13.3 Å². The smallest absolute Gasteiger partial charge is 0.0427 e. The highest BCUT2D eigenvalue weighted by Crippen LogP contribution is 2.13. The first-order valence-electron chi connectivity index (χ1n) is 4.95. The minimum Gasteiger partial charge on any atom is -0.378 e. The van der Waals surface area contributed by atoms with E-state index in [1.165, 1.54) is 5.69 Å². The van der Waals surface area contributed by atoms with Gasteiger partial charge in [0.25, 0.3) is 0 Å². The van der Waals surface area contributed by atoms with E-state index in [1.54, 1.807) is 0 Å². The Balaban J connectivity index is 2.73. The Kier molecular flexibility index (Phi) is 3.89. The Morgan fingerprint density at radius 1 is 1.50 bits per heavy atom. The molecule has 0 aliphatic rings. The molecule has 0 saturated carbocycles. The van der Waals surface area contributed by atoms with Crippen molar-refractivity contribution in [3.63, 3.8) is 0 Å². The Bertz CT molecular complexity index is 284. The van der Waals surface area contributed by atoms with Gasteiger partial charge in [-0.05, 0) is 31.0 Å². The highest BCUT2D eigenvalue weighted by Gasteiger charge is 2.03. The summed E-state index contributed by atoms with van der Waals surface area (Å²) >= 11 is 0. The lowest BCUT2D eigenvalue weighted by Crippen LogP contribution is -2.14. The molecule has 78 valence electrons. The molecule has 0 bridgehead atoms. The van der Waals surface area contributed by atoms with Gasteiger partial charge in [-0.15, -0.1) is 0 Å². The van der Waals surface area contributed by atoms with Crippen molar-refractivity contribution < 1.29 is 0 Å². The zero-order valence-electron chi connectivity index (χ0n) is 9.20. The van der Waals surface area contributed by atoms with Crippen LogP contribution in [0.3, 0.4) is 0 Å². The van der Waals surface area contributed by atoms with Crippen molar-refractivity contribution >= 4 is 5.69 Å². The van der Waals surface area contributed by atoms with Crippen molar-refractivity contribution in [2.75, 3.05) is 25.5 Å². The van der Waals surface area contributed by atoms with Gasteiger partial charge in [-0.1, -0.05) is 6.92 Å². The van der Waals surface area contributed by atoms with Crippen LogP contribution in [0.25, 0.3) is 0 Å².